The molecule has 2 heterocycles. The monoisotopic (exact) mass is 441 g/mol. The molecule has 3 N–H and O–H groups in total. The number of aromatic nitrogens is 2. The van der Waals surface area contributed by atoms with Crippen LogP contribution >= 0.6 is 23.1 Å². The van der Waals surface area contributed by atoms with Gasteiger partial charge in [-0.3, -0.25) is 9.59 Å². The van der Waals surface area contributed by atoms with Gasteiger partial charge in [0.25, 0.3) is 5.56 Å². The molecule has 0 aromatic carbocycles. The highest BCUT2D eigenvalue weighted by Gasteiger charge is 2.27. The second-order valence-corrected chi connectivity index (χ2v) is 7.43. The summed E-state index contributed by atoms with van der Waals surface area (Å²) < 4.78 is 10.0. The van der Waals surface area contributed by atoms with Crippen LogP contribution in [-0.2, 0) is 14.3 Å². The van der Waals surface area contributed by atoms with Crippen molar-refractivity contribution >= 4 is 45.9 Å². The smallest absolute Gasteiger partial charge is 0.348 e. The first-order valence-electron chi connectivity index (χ1n) is 8.47. The maximum absolute atomic E-state index is 12.3. The van der Waals surface area contributed by atoms with Crippen LogP contribution < -0.4 is 10.9 Å². The molecule has 0 aliphatic heterocycles. The van der Waals surface area contributed by atoms with Crippen molar-refractivity contribution in [3.63, 3.8) is 0 Å². The lowest BCUT2D eigenvalue weighted by atomic mass is 10.1. The maximum Gasteiger partial charge on any atom is 0.348 e. The largest absolute Gasteiger partial charge is 0.493 e. The highest BCUT2D eigenvalue weighted by molar-refractivity contribution is 7.99. The van der Waals surface area contributed by atoms with Crippen molar-refractivity contribution < 1.29 is 29.0 Å². The fraction of sp³-hybridized carbons (Fsp3) is 0.353. The molecule has 10 nitrogen and oxygen atoms in total. The van der Waals surface area contributed by atoms with Crippen molar-refractivity contribution in [2.24, 2.45) is 0 Å². The van der Waals surface area contributed by atoms with Crippen molar-refractivity contribution in [2.45, 2.75) is 25.9 Å². The number of nitrogens with one attached hydrogen (secondary N) is 2. The molecule has 0 bridgehead atoms. The molecule has 0 radical (unpaired) electrons. The van der Waals surface area contributed by atoms with E-state index in [1.807, 2.05) is 0 Å². The second-order valence-electron chi connectivity index (χ2n) is 5.45. The fourth-order valence-corrected chi connectivity index (χ4v) is 4.01. The van der Waals surface area contributed by atoms with Crippen molar-refractivity contribution in [2.75, 3.05) is 24.3 Å². The Kier molecular flexibility index (Phi) is 7.79. The second kappa shape index (κ2) is 10.1. The first-order valence-corrected chi connectivity index (χ1v) is 10.3. The third kappa shape index (κ3) is 5.81. The topological polar surface area (TPSA) is 148 Å². The summed E-state index contributed by atoms with van der Waals surface area (Å²) in [6.07, 6.45) is 0. The molecule has 156 valence electrons. The molecule has 0 unspecified atom stereocenters. The number of carbonyl (C=O) groups excluding carboxylic acids is 3. The lowest BCUT2D eigenvalue weighted by molar-refractivity contribution is -0.113. The van der Waals surface area contributed by atoms with Gasteiger partial charge < -0.3 is 24.9 Å². The fourth-order valence-electron chi connectivity index (χ4n) is 2.23. The summed E-state index contributed by atoms with van der Waals surface area (Å²) in [6, 6.07) is 0.904. The van der Waals surface area contributed by atoms with E-state index in [2.05, 4.69) is 15.3 Å². The van der Waals surface area contributed by atoms with E-state index in [1.165, 1.54) is 0 Å². The molecule has 0 saturated heterocycles. The van der Waals surface area contributed by atoms with Crippen LogP contribution in [0, 0.1) is 6.92 Å². The Balaban J connectivity index is 2.21. The Morgan fingerprint density at radius 2 is 1.90 bits per heavy atom. The lowest BCUT2D eigenvalue weighted by Crippen LogP contribution is -2.17. The number of nitrogens with zero attached hydrogens (tertiary/aromatic N) is 1. The van der Waals surface area contributed by atoms with Crippen molar-refractivity contribution in [3.8, 4) is 5.88 Å². The molecule has 2 aromatic heterocycles. The standard InChI is InChI=1S/C17H19N3O7S2/c1-4-26-15(24)12-8(3)13(16(25)27-5-2)29-14(12)18-11(23)7-28-17-19-9(21)6-10(22)20-17/h6H,4-5,7H2,1-3H3,(H,18,23)(H2,19,20,21,22). The predicted octanol–water partition coefficient (Wildman–Crippen LogP) is 1.93. The summed E-state index contributed by atoms with van der Waals surface area (Å²) in [4.78, 5) is 54.4. The van der Waals surface area contributed by atoms with Gasteiger partial charge in [-0.1, -0.05) is 11.8 Å². The number of carbonyl (C=O) groups is 3. The molecule has 0 aliphatic rings. The van der Waals surface area contributed by atoms with Crippen LogP contribution in [0.5, 0.6) is 5.88 Å². The van der Waals surface area contributed by atoms with Crippen LogP contribution in [-0.4, -0.2) is 51.9 Å². The van der Waals surface area contributed by atoms with E-state index in [-0.39, 0.29) is 39.6 Å². The Bertz CT molecular complexity index is 984. The molecule has 0 atom stereocenters. The summed E-state index contributed by atoms with van der Waals surface area (Å²) in [5.74, 6) is -2.41. The van der Waals surface area contributed by atoms with Gasteiger partial charge in [-0.15, -0.1) is 11.3 Å². The highest BCUT2D eigenvalue weighted by Crippen LogP contribution is 2.34. The zero-order valence-electron chi connectivity index (χ0n) is 15.9. The molecule has 0 spiro atoms. The number of amides is 1. The summed E-state index contributed by atoms with van der Waals surface area (Å²) in [5.41, 5.74) is -0.117. The molecule has 2 aromatic rings. The van der Waals surface area contributed by atoms with Crippen LogP contribution in [0.15, 0.2) is 16.0 Å². The van der Waals surface area contributed by atoms with E-state index >= 15 is 0 Å². The molecule has 0 saturated carbocycles. The van der Waals surface area contributed by atoms with E-state index in [4.69, 9.17) is 9.47 Å². The van der Waals surface area contributed by atoms with Crippen LogP contribution in [0.1, 0.15) is 39.4 Å². The lowest BCUT2D eigenvalue weighted by Gasteiger charge is -2.07. The van der Waals surface area contributed by atoms with E-state index in [0.717, 1.165) is 29.2 Å². The van der Waals surface area contributed by atoms with E-state index in [9.17, 15) is 24.3 Å². The number of esters is 2. The maximum atomic E-state index is 12.3. The van der Waals surface area contributed by atoms with Gasteiger partial charge in [0, 0.05) is 0 Å². The van der Waals surface area contributed by atoms with Gasteiger partial charge in [0.15, 0.2) is 5.16 Å². The van der Waals surface area contributed by atoms with Gasteiger partial charge in [0.05, 0.1) is 30.6 Å². The molecule has 2 rings (SSSR count). The SMILES string of the molecule is CCOC(=O)c1sc(NC(=O)CSc2nc(O)cc(=O)[nH]2)c(C(=O)OCC)c1C. The van der Waals surface area contributed by atoms with Crippen LogP contribution in [0.25, 0.3) is 0 Å². The molecular formula is C17H19N3O7S2. The predicted molar refractivity (Wildman–Crippen MR) is 107 cm³/mol. The Labute approximate surface area is 173 Å². The summed E-state index contributed by atoms with van der Waals surface area (Å²) in [6.45, 7) is 5.17. The van der Waals surface area contributed by atoms with E-state index in [0.29, 0.717) is 5.56 Å². The minimum atomic E-state index is -0.668. The van der Waals surface area contributed by atoms with Gasteiger partial charge >= 0.3 is 11.9 Å². The molecule has 0 aliphatic carbocycles. The number of aromatic amines is 1. The van der Waals surface area contributed by atoms with E-state index < -0.39 is 29.3 Å². The zero-order chi connectivity index (χ0) is 21.6. The number of rotatable bonds is 8. The van der Waals surface area contributed by atoms with Gasteiger partial charge in [0.1, 0.15) is 9.88 Å². The van der Waals surface area contributed by atoms with Crippen LogP contribution in [0.2, 0.25) is 0 Å². The summed E-state index contributed by atoms with van der Waals surface area (Å²) >= 11 is 1.80. The number of hydrogen-bond donors (Lipinski definition) is 3. The molecule has 0 fully saturated rings. The number of hydrogen-bond acceptors (Lipinski definition) is 10. The zero-order valence-corrected chi connectivity index (χ0v) is 17.5. The first kappa shape index (κ1) is 22.4. The minimum absolute atomic E-state index is 0.0605. The minimum Gasteiger partial charge on any atom is -0.493 e. The van der Waals surface area contributed by atoms with Crippen molar-refractivity contribution in [1.82, 2.24) is 9.97 Å². The number of thiophene rings is 1. The molecule has 1 amide bonds. The van der Waals surface area contributed by atoms with Gasteiger partial charge in [0.2, 0.25) is 11.8 Å². The number of H-pyrrole nitrogens is 1. The van der Waals surface area contributed by atoms with Crippen molar-refractivity contribution in [1.29, 1.82) is 0 Å². The summed E-state index contributed by atoms with van der Waals surface area (Å²) in [7, 11) is 0. The molecule has 12 heteroatoms. The van der Waals surface area contributed by atoms with Gasteiger partial charge in [-0.2, -0.15) is 4.98 Å². The Morgan fingerprint density at radius 1 is 1.24 bits per heavy atom. The number of anilines is 1. The van der Waals surface area contributed by atoms with Crippen LogP contribution in [0.3, 0.4) is 0 Å². The summed E-state index contributed by atoms with van der Waals surface area (Å²) in [5, 5.41) is 12.1. The van der Waals surface area contributed by atoms with Gasteiger partial charge in [-0.05, 0) is 26.3 Å². The van der Waals surface area contributed by atoms with Gasteiger partial charge in [-0.25, -0.2) is 9.59 Å². The first-order chi connectivity index (χ1) is 13.8. The number of aromatic hydroxyl groups is 1. The Morgan fingerprint density at radius 3 is 2.52 bits per heavy atom. The third-order valence-electron chi connectivity index (χ3n) is 3.39. The molecule has 29 heavy (non-hydrogen) atoms. The molecular weight excluding hydrogens is 422 g/mol. The number of thioether (sulfide) groups is 1. The normalized spacial score (nSPS) is 10.4. The van der Waals surface area contributed by atoms with Crippen molar-refractivity contribution in [3.05, 3.63) is 32.4 Å². The average molecular weight is 441 g/mol. The highest BCUT2D eigenvalue weighted by atomic mass is 32.2. The van der Waals surface area contributed by atoms with Crippen LogP contribution in [0.4, 0.5) is 5.00 Å². The third-order valence-corrected chi connectivity index (χ3v) is 5.45. The Hall–Kier alpha value is -2.86. The average Bonchev–Trinajstić information content (AvgIpc) is 2.95. The quantitative estimate of drug-likeness (QED) is 0.317. The number of ether oxygens (including phenoxy) is 2. The van der Waals surface area contributed by atoms with E-state index in [1.54, 1.807) is 20.8 Å².